The van der Waals surface area contributed by atoms with E-state index >= 15 is 0 Å². The number of benzene rings is 1. The number of likely N-dealkylation sites (tertiary alicyclic amines) is 1. The normalized spacial score (nSPS) is 18.0. The molecule has 1 aliphatic rings. The lowest BCUT2D eigenvalue weighted by atomic mass is 9.90. The van der Waals surface area contributed by atoms with Gasteiger partial charge in [0.05, 0.1) is 11.6 Å². The van der Waals surface area contributed by atoms with Gasteiger partial charge in [0.15, 0.2) is 0 Å². The molecule has 0 saturated carbocycles. The van der Waals surface area contributed by atoms with E-state index in [9.17, 15) is 4.79 Å². The van der Waals surface area contributed by atoms with Crippen LogP contribution in [0.15, 0.2) is 36.4 Å². The Kier molecular flexibility index (Phi) is 5.52. The largest absolute Gasteiger partial charge is 0.341 e. The molecule has 3 rings (SSSR count). The maximum Gasteiger partial charge on any atom is 0.255 e. The van der Waals surface area contributed by atoms with Crippen molar-refractivity contribution >= 4 is 5.91 Å². The van der Waals surface area contributed by atoms with Crippen molar-refractivity contribution in [2.45, 2.75) is 52.6 Å². The maximum atomic E-state index is 13.1. The van der Waals surface area contributed by atoms with Crippen LogP contribution < -0.4 is 5.73 Å². The van der Waals surface area contributed by atoms with Gasteiger partial charge < -0.3 is 15.2 Å². The summed E-state index contributed by atoms with van der Waals surface area (Å²) in [4.78, 5) is 15.1. The average Bonchev–Trinajstić information content (AvgIpc) is 2.95. The van der Waals surface area contributed by atoms with Gasteiger partial charge in [0.25, 0.3) is 5.91 Å². The van der Waals surface area contributed by atoms with Crippen LogP contribution in [0.5, 0.6) is 0 Å². The third-order valence-electron chi connectivity index (χ3n) is 5.95. The van der Waals surface area contributed by atoms with Crippen LogP contribution in [-0.4, -0.2) is 34.5 Å². The first-order valence-electron chi connectivity index (χ1n) is 9.68. The standard InChI is InChI=1S/C22H31N3O/c1-15-14-21(22(26)24-12-10-19(11-13-24)16(2)23)18(4)25(15)17(3)20-8-6-5-7-9-20/h5-9,14,16-17,19H,10-13,23H2,1-4H3. The number of piperidine rings is 1. The molecule has 4 heteroatoms. The topological polar surface area (TPSA) is 51.3 Å². The van der Waals surface area contributed by atoms with Crippen molar-refractivity contribution in [1.29, 1.82) is 0 Å². The van der Waals surface area contributed by atoms with Crippen molar-refractivity contribution in [3.05, 3.63) is 58.9 Å². The first kappa shape index (κ1) is 18.7. The van der Waals surface area contributed by atoms with Crippen LogP contribution >= 0.6 is 0 Å². The smallest absolute Gasteiger partial charge is 0.255 e. The minimum Gasteiger partial charge on any atom is -0.341 e. The lowest BCUT2D eigenvalue weighted by Gasteiger charge is -2.33. The number of aryl methyl sites for hydroxylation is 1. The van der Waals surface area contributed by atoms with Crippen LogP contribution in [0.4, 0.5) is 0 Å². The van der Waals surface area contributed by atoms with Crippen molar-refractivity contribution in [2.24, 2.45) is 11.7 Å². The molecule has 1 saturated heterocycles. The minimum absolute atomic E-state index is 0.160. The van der Waals surface area contributed by atoms with E-state index in [1.54, 1.807) is 0 Å². The molecule has 2 atom stereocenters. The van der Waals surface area contributed by atoms with E-state index < -0.39 is 0 Å². The summed E-state index contributed by atoms with van der Waals surface area (Å²) < 4.78 is 2.28. The number of hydrogen-bond donors (Lipinski definition) is 1. The number of nitrogens with two attached hydrogens (primary N) is 1. The van der Waals surface area contributed by atoms with Crippen LogP contribution in [-0.2, 0) is 0 Å². The van der Waals surface area contributed by atoms with Gasteiger partial charge in [-0.2, -0.15) is 0 Å². The molecule has 2 heterocycles. The third kappa shape index (κ3) is 3.56. The number of amides is 1. The number of carbonyl (C=O) groups excluding carboxylic acids is 1. The van der Waals surface area contributed by atoms with Gasteiger partial charge in [-0.05, 0) is 58.1 Å². The SMILES string of the molecule is Cc1cc(C(=O)N2CCC(C(C)N)CC2)c(C)n1C(C)c1ccccc1. The molecule has 1 fully saturated rings. The fourth-order valence-corrected chi connectivity index (χ4v) is 4.27. The molecule has 0 bridgehead atoms. The predicted octanol–water partition coefficient (Wildman–Crippen LogP) is 3.91. The highest BCUT2D eigenvalue weighted by Crippen LogP contribution is 2.27. The van der Waals surface area contributed by atoms with Crippen LogP contribution in [0.2, 0.25) is 0 Å². The van der Waals surface area contributed by atoms with Crippen LogP contribution in [0.1, 0.15) is 60.0 Å². The molecule has 26 heavy (non-hydrogen) atoms. The second kappa shape index (κ2) is 7.67. The monoisotopic (exact) mass is 353 g/mol. The van der Waals surface area contributed by atoms with Crippen LogP contribution in [0.3, 0.4) is 0 Å². The van der Waals surface area contributed by atoms with Gasteiger partial charge in [0, 0.05) is 30.5 Å². The fraction of sp³-hybridized carbons (Fsp3) is 0.500. The van der Waals surface area contributed by atoms with E-state index in [0.717, 1.165) is 42.9 Å². The molecule has 140 valence electrons. The van der Waals surface area contributed by atoms with E-state index in [4.69, 9.17) is 5.73 Å². The molecule has 2 aromatic rings. The van der Waals surface area contributed by atoms with Gasteiger partial charge in [-0.25, -0.2) is 0 Å². The number of rotatable bonds is 4. The van der Waals surface area contributed by atoms with Gasteiger partial charge in [-0.15, -0.1) is 0 Å². The van der Waals surface area contributed by atoms with Crippen molar-refractivity contribution < 1.29 is 4.79 Å². The van der Waals surface area contributed by atoms with Crippen molar-refractivity contribution in [3.63, 3.8) is 0 Å². The molecule has 1 amide bonds. The Hall–Kier alpha value is -2.07. The van der Waals surface area contributed by atoms with Crippen LogP contribution in [0.25, 0.3) is 0 Å². The highest BCUT2D eigenvalue weighted by atomic mass is 16.2. The summed E-state index contributed by atoms with van der Waals surface area (Å²) in [6.07, 6.45) is 2.01. The van der Waals surface area contributed by atoms with E-state index in [1.807, 2.05) is 11.0 Å². The quantitative estimate of drug-likeness (QED) is 0.906. The third-order valence-corrected chi connectivity index (χ3v) is 5.95. The molecule has 4 nitrogen and oxygen atoms in total. The van der Waals surface area contributed by atoms with E-state index in [0.29, 0.717) is 5.92 Å². The predicted molar refractivity (Wildman–Crippen MR) is 106 cm³/mol. The number of aromatic nitrogens is 1. The number of nitrogens with zero attached hydrogens (tertiary/aromatic N) is 2. The van der Waals surface area contributed by atoms with Crippen molar-refractivity contribution in [1.82, 2.24) is 9.47 Å². The van der Waals surface area contributed by atoms with Gasteiger partial charge in [0.2, 0.25) is 0 Å². The van der Waals surface area contributed by atoms with E-state index in [2.05, 4.69) is 62.6 Å². The highest BCUT2D eigenvalue weighted by Gasteiger charge is 2.28. The molecule has 0 spiro atoms. The zero-order valence-corrected chi connectivity index (χ0v) is 16.4. The van der Waals surface area contributed by atoms with Gasteiger partial charge in [0.1, 0.15) is 0 Å². The van der Waals surface area contributed by atoms with E-state index in [1.165, 1.54) is 5.56 Å². The first-order chi connectivity index (χ1) is 12.4. The molecule has 2 unspecified atom stereocenters. The molecule has 1 aromatic heterocycles. The second-order valence-electron chi connectivity index (χ2n) is 7.73. The van der Waals surface area contributed by atoms with Gasteiger partial charge in [-0.3, -0.25) is 4.79 Å². The van der Waals surface area contributed by atoms with Gasteiger partial charge in [-0.1, -0.05) is 30.3 Å². The van der Waals surface area contributed by atoms with Gasteiger partial charge >= 0.3 is 0 Å². The molecular formula is C22H31N3O. The maximum absolute atomic E-state index is 13.1. The average molecular weight is 354 g/mol. The Morgan fingerprint density at radius 3 is 2.31 bits per heavy atom. The fourth-order valence-electron chi connectivity index (χ4n) is 4.27. The Balaban J connectivity index is 1.81. The summed E-state index contributed by atoms with van der Waals surface area (Å²) >= 11 is 0. The van der Waals surface area contributed by atoms with Crippen LogP contribution in [0, 0.1) is 19.8 Å². The van der Waals surface area contributed by atoms with Crippen molar-refractivity contribution in [3.8, 4) is 0 Å². The summed E-state index contributed by atoms with van der Waals surface area (Å²) in [5.41, 5.74) is 10.3. The van der Waals surface area contributed by atoms with Crippen molar-refractivity contribution in [2.75, 3.05) is 13.1 Å². The summed E-state index contributed by atoms with van der Waals surface area (Å²) in [5.74, 6) is 0.692. The number of hydrogen-bond acceptors (Lipinski definition) is 2. The Morgan fingerprint density at radius 1 is 1.12 bits per heavy atom. The molecule has 2 N–H and O–H groups in total. The highest BCUT2D eigenvalue weighted by molar-refractivity contribution is 5.95. The zero-order chi connectivity index (χ0) is 18.8. The molecule has 0 radical (unpaired) electrons. The zero-order valence-electron chi connectivity index (χ0n) is 16.4. The second-order valence-corrected chi connectivity index (χ2v) is 7.73. The lowest BCUT2D eigenvalue weighted by molar-refractivity contribution is 0.0680. The Bertz CT molecular complexity index is 755. The first-order valence-corrected chi connectivity index (χ1v) is 9.68. The molecule has 1 aliphatic heterocycles. The summed E-state index contributed by atoms with van der Waals surface area (Å²) in [6, 6.07) is 12.9. The number of carbonyl (C=O) groups is 1. The molecular weight excluding hydrogens is 322 g/mol. The molecule has 1 aromatic carbocycles. The Labute approximate surface area is 157 Å². The summed E-state index contributed by atoms with van der Waals surface area (Å²) in [7, 11) is 0. The summed E-state index contributed by atoms with van der Waals surface area (Å²) in [5, 5.41) is 0. The Morgan fingerprint density at radius 2 is 1.73 bits per heavy atom. The summed E-state index contributed by atoms with van der Waals surface area (Å²) in [6.45, 7) is 10.0. The molecule has 0 aliphatic carbocycles. The lowest BCUT2D eigenvalue weighted by Crippen LogP contribution is -2.42. The van der Waals surface area contributed by atoms with E-state index in [-0.39, 0.29) is 18.0 Å². The minimum atomic E-state index is 0.160.